The summed E-state index contributed by atoms with van der Waals surface area (Å²) in [6.07, 6.45) is 0. The van der Waals surface area contributed by atoms with Gasteiger partial charge >= 0.3 is 0 Å². The molecule has 0 aliphatic carbocycles. The summed E-state index contributed by atoms with van der Waals surface area (Å²) in [6.45, 7) is 0. The predicted octanol–water partition coefficient (Wildman–Crippen LogP) is 5.97. The zero-order valence-corrected chi connectivity index (χ0v) is 22.1. The fraction of sp³-hybridized carbons (Fsp3) is 0.0323. The molecule has 1 aliphatic rings. The van der Waals surface area contributed by atoms with Gasteiger partial charge in [0.25, 0.3) is 5.69 Å². The van der Waals surface area contributed by atoms with Crippen LogP contribution in [-0.2, 0) is 9.84 Å². The van der Waals surface area contributed by atoms with Crippen molar-refractivity contribution in [3.05, 3.63) is 135 Å². The van der Waals surface area contributed by atoms with E-state index >= 15 is 0 Å². The van der Waals surface area contributed by atoms with Crippen LogP contribution in [0.3, 0.4) is 0 Å². The number of allylic oxidation sites excluding steroid dienone is 1. The van der Waals surface area contributed by atoms with Crippen molar-refractivity contribution in [2.45, 2.75) is 10.8 Å². The van der Waals surface area contributed by atoms with Crippen molar-refractivity contribution >= 4 is 48.4 Å². The molecule has 200 valence electrons. The molecule has 0 bridgehead atoms. The molecule has 0 saturated heterocycles. The highest BCUT2D eigenvalue weighted by Gasteiger charge is 2.43. The highest BCUT2D eigenvalue weighted by atomic mass is 32.2. The maximum atomic E-state index is 14.3. The maximum Gasteiger partial charge on any atom is 0.273 e. The Morgan fingerprint density at radius 2 is 1.34 bits per heavy atom. The van der Waals surface area contributed by atoms with E-state index < -0.39 is 20.7 Å². The number of hydrogen-bond acceptors (Lipinski definition) is 8. The van der Waals surface area contributed by atoms with Crippen LogP contribution in [0.25, 0.3) is 32.8 Å². The lowest BCUT2D eigenvalue weighted by molar-refractivity contribution is -0.385. The molecular weight excluding hydrogens is 540 g/mol. The van der Waals surface area contributed by atoms with Gasteiger partial charge in [-0.3, -0.25) is 10.1 Å². The molecule has 1 atom stereocenters. The lowest BCUT2D eigenvalue weighted by atomic mass is 9.85. The van der Waals surface area contributed by atoms with Crippen molar-refractivity contribution in [2.24, 2.45) is 5.73 Å². The van der Waals surface area contributed by atoms with Crippen LogP contribution in [0.2, 0.25) is 0 Å². The number of sulfone groups is 1. The molecule has 7 rings (SSSR count). The van der Waals surface area contributed by atoms with Crippen molar-refractivity contribution in [3.63, 3.8) is 0 Å². The van der Waals surface area contributed by atoms with Crippen molar-refractivity contribution < 1.29 is 18.1 Å². The third-order valence-electron chi connectivity index (χ3n) is 7.29. The van der Waals surface area contributed by atoms with E-state index in [0.29, 0.717) is 33.0 Å². The number of benzene rings is 5. The molecular formula is C31H20N4O5S. The number of fused-ring (bicyclic) bond motifs is 7. The second kappa shape index (κ2) is 9.10. The van der Waals surface area contributed by atoms with Gasteiger partial charge in [0.2, 0.25) is 15.7 Å². The Balaban J connectivity index is 1.68. The van der Waals surface area contributed by atoms with Gasteiger partial charge in [-0.2, -0.15) is 0 Å². The minimum Gasteiger partial charge on any atom is -0.439 e. The van der Waals surface area contributed by atoms with Crippen LogP contribution >= 0.6 is 0 Å². The van der Waals surface area contributed by atoms with E-state index in [4.69, 9.17) is 20.4 Å². The summed E-state index contributed by atoms with van der Waals surface area (Å²) >= 11 is 0. The van der Waals surface area contributed by atoms with Crippen LogP contribution in [-0.4, -0.2) is 23.3 Å². The molecule has 41 heavy (non-hydrogen) atoms. The average Bonchev–Trinajstić information content (AvgIpc) is 3.00. The van der Waals surface area contributed by atoms with Gasteiger partial charge in [-0.1, -0.05) is 72.8 Å². The molecule has 2 heterocycles. The molecule has 1 aliphatic heterocycles. The Morgan fingerprint density at radius 1 is 0.756 bits per heavy atom. The quantitative estimate of drug-likeness (QED) is 0.120. The van der Waals surface area contributed by atoms with Crippen molar-refractivity contribution in [1.82, 2.24) is 9.97 Å². The lowest BCUT2D eigenvalue weighted by Gasteiger charge is -2.30. The fourth-order valence-electron chi connectivity index (χ4n) is 5.54. The van der Waals surface area contributed by atoms with E-state index in [-0.39, 0.29) is 32.7 Å². The second-order valence-electron chi connectivity index (χ2n) is 9.59. The molecule has 6 aromatic rings. The number of nitrogens with two attached hydrogens (primary N) is 1. The van der Waals surface area contributed by atoms with Gasteiger partial charge in [0.15, 0.2) is 0 Å². The third kappa shape index (κ3) is 3.72. The highest BCUT2D eigenvalue weighted by Crippen LogP contribution is 2.52. The largest absolute Gasteiger partial charge is 0.439 e. The van der Waals surface area contributed by atoms with Gasteiger partial charge in [-0.25, -0.2) is 18.4 Å². The van der Waals surface area contributed by atoms with E-state index in [1.165, 1.54) is 24.3 Å². The second-order valence-corrected chi connectivity index (χ2v) is 11.5. The Hall–Kier alpha value is -5.35. The molecule has 10 heteroatoms. The van der Waals surface area contributed by atoms with E-state index in [9.17, 15) is 18.5 Å². The molecule has 0 amide bonds. The van der Waals surface area contributed by atoms with Crippen LogP contribution in [0.1, 0.15) is 17.0 Å². The summed E-state index contributed by atoms with van der Waals surface area (Å²) in [5.41, 5.74) is 8.81. The Morgan fingerprint density at radius 3 is 2.05 bits per heavy atom. The summed E-state index contributed by atoms with van der Waals surface area (Å²) in [4.78, 5) is 21.3. The SMILES string of the molecule is NC1=C(S(=O)(=O)c2ccccc2)C(c2ccccc2[N+](=O)[O-])c2c(c3ccccc3c3nc4ccccc4nc23)O1. The van der Waals surface area contributed by atoms with Crippen LogP contribution in [0.5, 0.6) is 5.75 Å². The van der Waals surface area contributed by atoms with Crippen LogP contribution < -0.4 is 10.5 Å². The number of aromatic nitrogens is 2. The molecule has 0 saturated carbocycles. The van der Waals surface area contributed by atoms with Crippen LogP contribution in [0, 0.1) is 10.1 Å². The first-order chi connectivity index (χ1) is 19.9. The zero-order chi connectivity index (χ0) is 28.3. The minimum absolute atomic E-state index is 0.0183. The topological polar surface area (TPSA) is 138 Å². The molecule has 0 fully saturated rings. The van der Waals surface area contributed by atoms with Crippen molar-refractivity contribution in [1.29, 1.82) is 0 Å². The first kappa shape index (κ1) is 24.7. The summed E-state index contributed by atoms with van der Waals surface area (Å²) in [6, 6.07) is 28.6. The molecule has 2 N–H and O–H groups in total. The van der Waals surface area contributed by atoms with Gasteiger partial charge in [-0.15, -0.1) is 0 Å². The first-order valence-corrected chi connectivity index (χ1v) is 14.2. The summed E-state index contributed by atoms with van der Waals surface area (Å²) in [7, 11) is -4.30. The number of ether oxygens (including phenoxy) is 1. The number of hydrogen-bond donors (Lipinski definition) is 1. The van der Waals surface area contributed by atoms with Gasteiger partial charge in [0.05, 0.1) is 37.8 Å². The number of nitro groups is 1. The number of rotatable bonds is 4. The fourth-order valence-corrected chi connectivity index (χ4v) is 7.17. The summed E-state index contributed by atoms with van der Waals surface area (Å²) < 4.78 is 34.7. The maximum absolute atomic E-state index is 14.3. The summed E-state index contributed by atoms with van der Waals surface area (Å²) in [5, 5.41) is 13.6. The molecule has 0 radical (unpaired) electrons. The van der Waals surface area contributed by atoms with Crippen LogP contribution in [0.15, 0.2) is 119 Å². The molecule has 0 spiro atoms. The molecule has 1 unspecified atom stereocenters. The first-order valence-electron chi connectivity index (χ1n) is 12.7. The van der Waals surface area contributed by atoms with Gasteiger partial charge in [-0.05, 0) is 24.3 Å². The highest BCUT2D eigenvalue weighted by molar-refractivity contribution is 7.95. The monoisotopic (exact) mass is 560 g/mol. The van der Waals surface area contributed by atoms with E-state index in [1.807, 2.05) is 42.5 Å². The standard InChI is InChI=1S/C31H20N4O5S/c32-31-30(41(38,39)18-10-2-1-3-11-18)25(21-14-6-9-17-24(21)35(36)37)26-28-27(33-22-15-7-8-16-23(22)34-28)19-12-4-5-13-20(19)29(26)40-31/h1-17,25H,32H2. The zero-order valence-electron chi connectivity index (χ0n) is 21.3. The molecule has 5 aromatic carbocycles. The number of para-hydroxylation sites is 3. The average molecular weight is 561 g/mol. The Bertz CT molecular complexity index is 2200. The van der Waals surface area contributed by atoms with Crippen LogP contribution in [0.4, 0.5) is 5.69 Å². The van der Waals surface area contributed by atoms with Gasteiger partial charge in [0, 0.05) is 28.0 Å². The number of nitro benzene ring substituents is 1. The van der Waals surface area contributed by atoms with Crippen molar-refractivity contribution in [3.8, 4) is 5.75 Å². The van der Waals surface area contributed by atoms with E-state index in [0.717, 1.165) is 5.39 Å². The molecule has 9 nitrogen and oxygen atoms in total. The van der Waals surface area contributed by atoms with E-state index in [2.05, 4.69) is 0 Å². The Labute approximate surface area is 233 Å². The smallest absolute Gasteiger partial charge is 0.273 e. The van der Waals surface area contributed by atoms with E-state index in [1.54, 1.807) is 36.4 Å². The van der Waals surface area contributed by atoms with Gasteiger partial charge < -0.3 is 10.5 Å². The molecule has 1 aromatic heterocycles. The minimum atomic E-state index is -4.30. The lowest BCUT2D eigenvalue weighted by Crippen LogP contribution is -2.27. The normalized spacial score (nSPS) is 15.2. The van der Waals surface area contributed by atoms with Crippen molar-refractivity contribution in [2.75, 3.05) is 0 Å². The third-order valence-corrected chi connectivity index (χ3v) is 9.20. The Kier molecular flexibility index (Phi) is 5.48. The van der Waals surface area contributed by atoms with Gasteiger partial charge in [0.1, 0.15) is 10.7 Å². The number of nitrogens with zero attached hydrogens (tertiary/aromatic N) is 3. The predicted molar refractivity (Wildman–Crippen MR) is 155 cm³/mol. The summed E-state index contributed by atoms with van der Waals surface area (Å²) in [5.74, 6) is -1.29.